The highest BCUT2D eigenvalue weighted by atomic mass is 32.1. The number of nitrogens with zero attached hydrogens (tertiary/aromatic N) is 1. The van der Waals surface area contributed by atoms with Crippen LogP contribution in [0.2, 0.25) is 0 Å². The number of carbonyl (C=O) groups excluding carboxylic acids is 1. The van der Waals surface area contributed by atoms with E-state index in [-0.39, 0.29) is 18.9 Å². The third kappa shape index (κ3) is 3.45. The highest BCUT2D eigenvalue weighted by Gasteiger charge is 2.20. The molecule has 0 aromatic carbocycles. The number of carboxylic acids is 1. The van der Waals surface area contributed by atoms with Crippen LogP contribution in [0.3, 0.4) is 0 Å². The topological polar surface area (TPSA) is 66.8 Å². The van der Waals surface area contributed by atoms with Crippen LogP contribution in [0.15, 0.2) is 11.4 Å². The lowest BCUT2D eigenvalue weighted by atomic mass is 10.3. The minimum atomic E-state index is -0.908. The second kappa shape index (κ2) is 6.24. The molecule has 0 atom stereocenters. The number of ether oxygens (including phenoxy) is 1. The molecule has 0 aliphatic rings. The van der Waals surface area contributed by atoms with Crippen molar-refractivity contribution in [3.05, 3.63) is 16.3 Å². The Morgan fingerprint density at radius 3 is 2.76 bits per heavy atom. The first-order valence-electron chi connectivity index (χ1n) is 5.22. The zero-order valence-electron chi connectivity index (χ0n) is 9.80. The Bertz CT molecular complexity index is 402. The lowest BCUT2D eigenvalue weighted by molar-refractivity contribution is -0.137. The number of thiophene rings is 1. The summed E-state index contributed by atoms with van der Waals surface area (Å²) in [6, 6.07) is 1.73. The first kappa shape index (κ1) is 13.5. The highest BCUT2D eigenvalue weighted by Crippen LogP contribution is 2.25. The maximum atomic E-state index is 12.1. The fraction of sp³-hybridized carbons (Fsp3) is 0.455. The Labute approximate surface area is 104 Å². The molecular formula is C11H15NO4S. The summed E-state index contributed by atoms with van der Waals surface area (Å²) in [5.74, 6) is -0.552. The molecule has 0 aliphatic carbocycles. The Morgan fingerprint density at radius 2 is 2.24 bits per heavy atom. The third-order valence-corrected chi connectivity index (χ3v) is 3.19. The Kier molecular flexibility index (Phi) is 4.96. The van der Waals surface area contributed by atoms with Crippen molar-refractivity contribution in [2.75, 3.05) is 20.2 Å². The molecule has 1 heterocycles. The van der Waals surface area contributed by atoms with Crippen LogP contribution in [0.5, 0.6) is 5.75 Å². The van der Waals surface area contributed by atoms with Gasteiger partial charge in [0.1, 0.15) is 10.6 Å². The van der Waals surface area contributed by atoms with E-state index in [1.165, 1.54) is 23.3 Å². The van der Waals surface area contributed by atoms with Crippen LogP contribution in [0.25, 0.3) is 0 Å². The summed E-state index contributed by atoms with van der Waals surface area (Å²) in [4.78, 5) is 24.6. The molecule has 17 heavy (non-hydrogen) atoms. The van der Waals surface area contributed by atoms with Crippen LogP contribution < -0.4 is 4.74 Å². The lowest BCUT2D eigenvalue weighted by Gasteiger charge is -2.19. The van der Waals surface area contributed by atoms with Crippen molar-refractivity contribution in [3.63, 3.8) is 0 Å². The van der Waals surface area contributed by atoms with Crippen molar-refractivity contribution >= 4 is 23.2 Å². The van der Waals surface area contributed by atoms with Crippen LogP contribution >= 0.6 is 11.3 Å². The predicted octanol–water partition coefficient (Wildman–Crippen LogP) is 1.69. The fourth-order valence-electron chi connectivity index (χ4n) is 1.39. The van der Waals surface area contributed by atoms with Crippen LogP contribution in [0.4, 0.5) is 0 Å². The van der Waals surface area contributed by atoms with Crippen LogP contribution in [0, 0.1) is 0 Å². The van der Waals surface area contributed by atoms with Gasteiger partial charge in [-0.05, 0) is 18.4 Å². The Balaban J connectivity index is 2.75. The molecular weight excluding hydrogens is 242 g/mol. The number of methoxy groups -OCH3 is 1. The van der Waals surface area contributed by atoms with E-state index in [1.807, 2.05) is 6.92 Å². The van der Waals surface area contributed by atoms with Gasteiger partial charge in [0.15, 0.2) is 0 Å². The molecule has 0 bridgehead atoms. The molecule has 0 unspecified atom stereocenters. The van der Waals surface area contributed by atoms with Crippen molar-refractivity contribution in [3.8, 4) is 5.75 Å². The molecule has 0 radical (unpaired) electrons. The van der Waals surface area contributed by atoms with E-state index in [2.05, 4.69) is 0 Å². The van der Waals surface area contributed by atoms with Crippen molar-refractivity contribution in [2.45, 2.75) is 13.3 Å². The van der Waals surface area contributed by atoms with Gasteiger partial charge in [0, 0.05) is 13.1 Å². The van der Waals surface area contributed by atoms with Crippen LogP contribution in [0.1, 0.15) is 23.0 Å². The van der Waals surface area contributed by atoms with Gasteiger partial charge in [-0.3, -0.25) is 9.59 Å². The van der Waals surface area contributed by atoms with Crippen molar-refractivity contribution < 1.29 is 19.4 Å². The zero-order chi connectivity index (χ0) is 12.8. The van der Waals surface area contributed by atoms with Gasteiger partial charge in [-0.25, -0.2) is 0 Å². The molecule has 0 saturated heterocycles. The van der Waals surface area contributed by atoms with Crippen molar-refractivity contribution in [1.29, 1.82) is 0 Å². The smallest absolute Gasteiger partial charge is 0.305 e. The quantitative estimate of drug-likeness (QED) is 0.842. The molecule has 94 valence electrons. The molecule has 6 heteroatoms. The van der Waals surface area contributed by atoms with Gasteiger partial charge in [-0.15, -0.1) is 11.3 Å². The molecule has 1 aromatic heterocycles. The van der Waals surface area contributed by atoms with Crippen LogP contribution in [-0.4, -0.2) is 42.1 Å². The van der Waals surface area contributed by atoms with Gasteiger partial charge >= 0.3 is 5.97 Å². The minimum absolute atomic E-state index is 0.0483. The third-order valence-electron chi connectivity index (χ3n) is 2.31. The SMILES string of the molecule is CCN(CCC(=O)O)C(=O)c1sccc1OC. The standard InChI is InChI=1S/C11H15NO4S/c1-3-12(6-4-9(13)14)11(15)10-8(16-2)5-7-17-10/h5,7H,3-4,6H2,1-2H3,(H,13,14). The van der Waals surface area contributed by atoms with E-state index < -0.39 is 5.97 Å². The number of hydrogen-bond donors (Lipinski definition) is 1. The molecule has 1 aromatic rings. The highest BCUT2D eigenvalue weighted by molar-refractivity contribution is 7.12. The number of hydrogen-bond acceptors (Lipinski definition) is 4. The Hall–Kier alpha value is -1.56. The predicted molar refractivity (Wildman–Crippen MR) is 64.7 cm³/mol. The molecule has 1 amide bonds. The lowest BCUT2D eigenvalue weighted by Crippen LogP contribution is -2.32. The summed E-state index contributed by atoms with van der Waals surface area (Å²) in [5, 5.41) is 10.4. The maximum Gasteiger partial charge on any atom is 0.305 e. The first-order valence-corrected chi connectivity index (χ1v) is 6.10. The van der Waals surface area contributed by atoms with Gasteiger partial charge in [0.05, 0.1) is 13.5 Å². The second-order valence-electron chi connectivity index (χ2n) is 3.35. The van der Waals surface area contributed by atoms with E-state index in [1.54, 1.807) is 11.4 Å². The van der Waals surface area contributed by atoms with E-state index >= 15 is 0 Å². The number of carboxylic acid groups (broad SMARTS) is 1. The van der Waals surface area contributed by atoms with Gasteiger partial charge in [-0.1, -0.05) is 0 Å². The number of aliphatic carboxylic acids is 1. The molecule has 0 fully saturated rings. The summed E-state index contributed by atoms with van der Waals surface area (Å²) < 4.78 is 5.07. The maximum absolute atomic E-state index is 12.1. The number of rotatable bonds is 6. The monoisotopic (exact) mass is 257 g/mol. The summed E-state index contributed by atoms with van der Waals surface area (Å²) >= 11 is 1.30. The first-order chi connectivity index (χ1) is 8.10. The average Bonchev–Trinajstić information content (AvgIpc) is 2.77. The molecule has 0 saturated carbocycles. The fourth-order valence-corrected chi connectivity index (χ4v) is 2.22. The Morgan fingerprint density at radius 1 is 1.53 bits per heavy atom. The summed E-state index contributed by atoms with van der Waals surface area (Å²) in [5.41, 5.74) is 0. The molecule has 0 aliphatic heterocycles. The number of carbonyl (C=O) groups is 2. The molecule has 1 rings (SSSR count). The van der Waals surface area contributed by atoms with E-state index in [0.29, 0.717) is 17.2 Å². The summed E-state index contributed by atoms with van der Waals surface area (Å²) in [6.45, 7) is 2.51. The minimum Gasteiger partial charge on any atom is -0.495 e. The normalized spacial score (nSPS) is 10.0. The van der Waals surface area contributed by atoms with E-state index in [0.717, 1.165) is 0 Å². The second-order valence-corrected chi connectivity index (χ2v) is 4.26. The van der Waals surface area contributed by atoms with Gasteiger partial charge in [0.25, 0.3) is 5.91 Å². The number of amides is 1. The van der Waals surface area contributed by atoms with Gasteiger partial charge < -0.3 is 14.7 Å². The van der Waals surface area contributed by atoms with E-state index in [4.69, 9.17) is 9.84 Å². The van der Waals surface area contributed by atoms with Crippen molar-refractivity contribution in [1.82, 2.24) is 4.90 Å². The molecule has 0 spiro atoms. The van der Waals surface area contributed by atoms with Gasteiger partial charge in [-0.2, -0.15) is 0 Å². The summed E-state index contributed by atoms with van der Waals surface area (Å²) in [7, 11) is 1.51. The van der Waals surface area contributed by atoms with Gasteiger partial charge in [0.2, 0.25) is 0 Å². The van der Waals surface area contributed by atoms with Crippen LogP contribution in [-0.2, 0) is 4.79 Å². The largest absolute Gasteiger partial charge is 0.495 e. The average molecular weight is 257 g/mol. The summed E-state index contributed by atoms with van der Waals surface area (Å²) in [6.07, 6.45) is -0.0483. The van der Waals surface area contributed by atoms with Crippen molar-refractivity contribution in [2.24, 2.45) is 0 Å². The molecule has 5 nitrogen and oxygen atoms in total. The molecule has 1 N–H and O–H groups in total. The van der Waals surface area contributed by atoms with E-state index in [9.17, 15) is 9.59 Å². The zero-order valence-corrected chi connectivity index (χ0v) is 10.6.